The zero-order valence-corrected chi connectivity index (χ0v) is 19.1. The molecule has 0 spiro atoms. The molecule has 0 atom stereocenters. The van der Waals surface area contributed by atoms with Crippen LogP contribution >= 0.6 is 11.6 Å². The summed E-state index contributed by atoms with van der Waals surface area (Å²) in [6, 6.07) is 11.1. The molecule has 1 heterocycles. The molecule has 1 N–H and O–H groups in total. The Morgan fingerprint density at radius 2 is 1.47 bits per heavy atom. The van der Waals surface area contributed by atoms with E-state index in [0.29, 0.717) is 23.7 Å². The number of nitrogens with zero attached hydrogens (tertiary/aromatic N) is 2. The third-order valence-electron chi connectivity index (χ3n) is 4.73. The van der Waals surface area contributed by atoms with Gasteiger partial charge in [0.1, 0.15) is 10.7 Å². The summed E-state index contributed by atoms with van der Waals surface area (Å²) < 4.78 is 112. The molecule has 0 aliphatic carbocycles. The predicted octanol–water partition coefficient (Wildman–Crippen LogP) is 5.93. The molecule has 4 rings (SSSR count). The van der Waals surface area contributed by atoms with Crippen molar-refractivity contribution in [2.75, 3.05) is 5.32 Å². The second-order valence-corrected chi connectivity index (χ2v) is 9.18. The van der Waals surface area contributed by atoms with Crippen LogP contribution in [0.2, 0.25) is 5.02 Å². The van der Waals surface area contributed by atoms with Crippen LogP contribution in [-0.4, -0.2) is 18.2 Å². The Morgan fingerprint density at radius 1 is 0.861 bits per heavy atom. The molecule has 14 heteroatoms. The van der Waals surface area contributed by atoms with Crippen LogP contribution in [0.15, 0.2) is 59.6 Å². The highest BCUT2D eigenvalue weighted by molar-refractivity contribution is 7.87. The summed E-state index contributed by atoms with van der Waals surface area (Å²) in [6.07, 6.45) is 1.63. The smallest absolute Gasteiger partial charge is 0.342 e. The fraction of sp³-hybridized carbons (Fsp3) is 0.0455. The molecule has 36 heavy (non-hydrogen) atoms. The van der Waals surface area contributed by atoms with Crippen molar-refractivity contribution in [2.45, 2.75) is 11.4 Å². The van der Waals surface area contributed by atoms with Gasteiger partial charge >= 0.3 is 10.1 Å². The van der Waals surface area contributed by atoms with Crippen molar-refractivity contribution < 1.29 is 38.9 Å². The summed E-state index contributed by atoms with van der Waals surface area (Å²) in [5.41, 5.74) is 0.947. The van der Waals surface area contributed by atoms with E-state index in [-0.39, 0.29) is 11.5 Å². The summed E-state index contributed by atoms with van der Waals surface area (Å²) in [7, 11) is -5.33. The number of hydrogen-bond acceptors (Lipinski definition) is 5. The monoisotopic (exact) mass is 547 g/mol. The second-order valence-electron chi connectivity index (χ2n) is 7.23. The summed E-state index contributed by atoms with van der Waals surface area (Å²) in [5.74, 6) is -15.6. The van der Waals surface area contributed by atoms with Crippen LogP contribution in [0, 0.1) is 34.9 Å². The third kappa shape index (κ3) is 5.11. The SMILES string of the molecule is O=S(=O)(Oc1c(F)c(F)c(F)c(F)c1F)c1ccc(Nc2ccn(Cc3ccc(Cl)cc3)n2)cc1F. The molecule has 6 nitrogen and oxygen atoms in total. The average molecular weight is 548 g/mol. The van der Waals surface area contributed by atoms with E-state index < -0.39 is 55.7 Å². The Labute approximate surface area is 204 Å². The second kappa shape index (κ2) is 9.74. The molecular weight excluding hydrogens is 536 g/mol. The topological polar surface area (TPSA) is 73.2 Å². The first kappa shape index (κ1) is 25.4. The largest absolute Gasteiger partial charge is 0.372 e. The molecule has 0 saturated heterocycles. The minimum Gasteiger partial charge on any atom is -0.372 e. The summed E-state index contributed by atoms with van der Waals surface area (Å²) in [4.78, 5) is -1.20. The lowest BCUT2D eigenvalue weighted by Gasteiger charge is -2.12. The fourth-order valence-electron chi connectivity index (χ4n) is 3.04. The van der Waals surface area contributed by atoms with Crippen LogP contribution in [0.3, 0.4) is 0 Å². The van der Waals surface area contributed by atoms with Crippen molar-refractivity contribution in [3.8, 4) is 5.75 Å². The van der Waals surface area contributed by atoms with Crippen LogP contribution < -0.4 is 9.50 Å². The van der Waals surface area contributed by atoms with Gasteiger partial charge in [-0.2, -0.15) is 22.3 Å². The van der Waals surface area contributed by atoms with Gasteiger partial charge < -0.3 is 9.50 Å². The number of benzene rings is 3. The van der Waals surface area contributed by atoms with E-state index in [2.05, 4.69) is 14.6 Å². The summed E-state index contributed by atoms with van der Waals surface area (Å²) >= 11 is 5.85. The molecule has 0 saturated carbocycles. The minimum absolute atomic E-state index is 0.0411. The maximum atomic E-state index is 14.6. The molecule has 188 valence electrons. The van der Waals surface area contributed by atoms with E-state index >= 15 is 0 Å². The van der Waals surface area contributed by atoms with Crippen LogP contribution in [0.4, 0.5) is 37.8 Å². The van der Waals surface area contributed by atoms with Crippen LogP contribution in [0.1, 0.15) is 5.56 Å². The number of rotatable bonds is 7. The van der Waals surface area contributed by atoms with Crippen molar-refractivity contribution in [1.29, 1.82) is 0 Å². The Balaban J connectivity index is 1.52. The first-order valence-electron chi connectivity index (χ1n) is 9.76. The molecule has 4 aromatic rings. The first-order chi connectivity index (χ1) is 17.0. The Morgan fingerprint density at radius 3 is 2.08 bits per heavy atom. The summed E-state index contributed by atoms with van der Waals surface area (Å²) in [5, 5.41) is 7.56. The van der Waals surface area contributed by atoms with Gasteiger partial charge in [0, 0.05) is 23.0 Å². The molecule has 0 amide bonds. The standard InChI is InChI=1S/C22H12ClF6N3O3S/c23-12-3-1-11(2-4-12)10-32-8-7-16(31-32)30-13-5-6-15(14(24)9-13)36(33,34)35-22-20(28)18(26)17(25)19(27)21(22)29/h1-9H,10H2,(H,30,31). The van der Waals surface area contributed by atoms with E-state index in [0.717, 1.165) is 11.6 Å². The maximum Gasteiger partial charge on any atom is 0.342 e. The van der Waals surface area contributed by atoms with E-state index in [4.69, 9.17) is 11.6 Å². The average Bonchev–Trinajstić information content (AvgIpc) is 3.27. The molecule has 3 aromatic carbocycles. The third-order valence-corrected chi connectivity index (χ3v) is 6.24. The summed E-state index contributed by atoms with van der Waals surface area (Å²) in [6.45, 7) is 0.402. The van der Waals surface area contributed by atoms with Crippen molar-refractivity contribution in [3.05, 3.63) is 100 Å². The van der Waals surface area contributed by atoms with Gasteiger partial charge in [0.15, 0.2) is 5.82 Å². The first-order valence-corrected chi connectivity index (χ1v) is 11.6. The minimum atomic E-state index is -5.33. The number of halogens is 7. The van der Waals surface area contributed by atoms with Crippen molar-refractivity contribution in [3.63, 3.8) is 0 Å². The lowest BCUT2D eigenvalue weighted by molar-refractivity contribution is 0.346. The maximum absolute atomic E-state index is 14.6. The van der Waals surface area contributed by atoms with Gasteiger partial charge in [-0.1, -0.05) is 23.7 Å². The molecule has 1 aromatic heterocycles. The Bertz CT molecular complexity index is 1530. The van der Waals surface area contributed by atoms with Crippen molar-refractivity contribution >= 4 is 33.2 Å². The number of anilines is 2. The van der Waals surface area contributed by atoms with Gasteiger partial charge in [0.25, 0.3) is 0 Å². The van der Waals surface area contributed by atoms with Crippen molar-refractivity contribution in [1.82, 2.24) is 9.78 Å². The van der Waals surface area contributed by atoms with Gasteiger partial charge in [-0.05, 0) is 35.9 Å². The van der Waals surface area contributed by atoms with Gasteiger partial charge in [-0.25, -0.2) is 17.6 Å². The van der Waals surface area contributed by atoms with E-state index in [1.807, 2.05) is 0 Å². The van der Waals surface area contributed by atoms with Crippen LogP contribution in [-0.2, 0) is 16.7 Å². The highest BCUT2D eigenvalue weighted by atomic mass is 35.5. The lowest BCUT2D eigenvalue weighted by Crippen LogP contribution is -2.15. The highest BCUT2D eigenvalue weighted by Crippen LogP contribution is 2.32. The zero-order valence-electron chi connectivity index (χ0n) is 17.6. The molecule has 0 radical (unpaired) electrons. The Hall–Kier alpha value is -3.71. The molecule has 0 bridgehead atoms. The van der Waals surface area contributed by atoms with Crippen LogP contribution in [0.5, 0.6) is 5.75 Å². The molecular formula is C22H12ClF6N3O3S. The van der Waals surface area contributed by atoms with Gasteiger partial charge in [-0.3, -0.25) is 4.68 Å². The van der Waals surface area contributed by atoms with E-state index in [1.54, 1.807) is 41.2 Å². The van der Waals surface area contributed by atoms with Gasteiger partial charge in [0.2, 0.25) is 34.8 Å². The van der Waals surface area contributed by atoms with E-state index in [1.165, 1.54) is 0 Å². The molecule has 0 unspecified atom stereocenters. The predicted molar refractivity (Wildman–Crippen MR) is 117 cm³/mol. The Kier molecular flexibility index (Phi) is 6.87. The number of nitrogens with one attached hydrogen (secondary N) is 1. The molecule has 0 aliphatic rings. The fourth-order valence-corrected chi connectivity index (χ4v) is 4.15. The molecule has 0 fully saturated rings. The highest BCUT2D eigenvalue weighted by Gasteiger charge is 2.32. The lowest BCUT2D eigenvalue weighted by atomic mass is 10.2. The normalized spacial score (nSPS) is 11.5. The number of hydrogen-bond donors (Lipinski definition) is 1. The van der Waals surface area contributed by atoms with Gasteiger partial charge in [-0.15, -0.1) is 0 Å². The zero-order chi connectivity index (χ0) is 26.2. The van der Waals surface area contributed by atoms with Gasteiger partial charge in [0.05, 0.1) is 6.54 Å². The van der Waals surface area contributed by atoms with Crippen LogP contribution in [0.25, 0.3) is 0 Å². The molecule has 0 aliphatic heterocycles. The number of aromatic nitrogens is 2. The quantitative estimate of drug-likeness (QED) is 0.134. The van der Waals surface area contributed by atoms with E-state index in [9.17, 15) is 34.8 Å². The van der Waals surface area contributed by atoms with Crippen molar-refractivity contribution in [2.24, 2.45) is 0 Å².